The Bertz CT molecular complexity index is 357. The fourth-order valence-corrected chi connectivity index (χ4v) is 2.18. The van der Waals surface area contributed by atoms with Crippen LogP contribution in [0.15, 0.2) is 30.3 Å². The van der Waals surface area contributed by atoms with Gasteiger partial charge in [-0.15, -0.1) is 0 Å². The SMILES string of the molecule is OCC1NC(c2ccccc2)C(O)C(O)C1O. The highest BCUT2D eigenvalue weighted by atomic mass is 16.4. The van der Waals surface area contributed by atoms with Crippen LogP contribution in [0.1, 0.15) is 11.6 Å². The molecule has 17 heavy (non-hydrogen) atoms. The first-order chi connectivity index (χ1) is 8.15. The summed E-state index contributed by atoms with van der Waals surface area (Å²) in [5.41, 5.74) is 0.810. The largest absolute Gasteiger partial charge is 0.395 e. The third-order valence-electron chi connectivity index (χ3n) is 3.20. The lowest BCUT2D eigenvalue weighted by Gasteiger charge is -2.41. The zero-order valence-corrected chi connectivity index (χ0v) is 9.27. The van der Waals surface area contributed by atoms with Crippen LogP contribution >= 0.6 is 0 Å². The van der Waals surface area contributed by atoms with Crippen molar-refractivity contribution in [1.82, 2.24) is 5.32 Å². The normalized spacial score (nSPS) is 38.0. The minimum Gasteiger partial charge on any atom is -0.395 e. The Balaban J connectivity index is 2.23. The van der Waals surface area contributed by atoms with E-state index in [9.17, 15) is 15.3 Å². The van der Waals surface area contributed by atoms with Crippen LogP contribution in [0.5, 0.6) is 0 Å². The van der Waals surface area contributed by atoms with E-state index in [1.807, 2.05) is 30.3 Å². The van der Waals surface area contributed by atoms with Gasteiger partial charge in [0.25, 0.3) is 0 Å². The van der Waals surface area contributed by atoms with Crippen molar-refractivity contribution in [2.45, 2.75) is 30.4 Å². The molecule has 5 N–H and O–H groups in total. The Morgan fingerprint density at radius 2 is 1.59 bits per heavy atom. The van der Waals surface area contributed by atoms with Gasteiger partial charge >= 0.3 is 0 Å². The van der Waals surface area contributed by atoms with Crippen LogP contribution in [0.25, 0.3) is 0 Å². The molecule has 94 valence electrons. The molecule has 1 aliphatic rings. The first kappa shape index (κ1) is 12.5. The summed E-state index contributed by atoms with van der Waals surface area (Å²) in [6.45, 7) is -0.297. The van der Waals surface area contributed by atoms with Crippen LogP contribution in [-0.2, 0) is 0 Å². The summed E-state index contributed by atoms with van der Waals surface area (Å²) in [5.74, 6) is 0. The average Bonchev–Trinajstić information content (AvgIpc) is 2.37. The Hall–Kier alpha value is -0.980. The van der Waals surface area contributed by atoms with E-state index < -0.39 is 30.4 Å². The Kier molecular flexibility index (Phi) is 3.76. The van der Waals surface area contributed by atoms with E-state index in [0.29, 0.717) is 0 Å². The number of benzene rings is 1. The number of nitrogens with one attached hydrogen (secondary N) is 1. The maximum Gasteiger partial charge on any atom is 0.109 e. The highest BCUT2D eigenvalue weighted by Gasteiger charge is 2.42. The summed E-state index contributed by atoms with van der Waals surface area (Å²) >= 11 is 0. The van der Waals surface area contributed by atoms with Crippen LogP contribution in [-0.4, -0.2) is 51.4 Å². The Morgan fingerprint density at radius 3 is 2.18 bits per heavy atom. The number of aliphatic hydroxyl groups excluding tert-OH is 4. The molecular weight excluding hydrogens is 222 g/mol. The molecule has 0 radical (unpaired) electrons. The fraction of sp³-hybridized carbons (Fsp3) is 0.500. The fourth-order valence-electron chi connectivity index (χ4n) is 2.18. The second kappa shape index (κ2) is 5.12. The van der Waals surface area contributed by atoms with Crippen molar-refractivity contribution in [3.63, 3.8) is 0 Å². The second-order valence-electron chi connectivity index (χ2n) is 4.32. The third kappa shape index (κ3) is 2.34. The smallest absolute Gasteiger partial charge is 0.109 e. The van der Waals surface area contributed by atoms with Crippen molar-refractivity contribution in [2.24, 2.45) is 0 Å². The van der Waals surface area contributed by atoms with E-state index in [-0.39, 0.29) is 6.61 Å². The molecule has 1 saturated heterocycles. The van der Waals surface area contributed by atoms with E-state index in [0.717, 1.165) is 5.56 Å². The quantitative estimate of drug-likeness (QED) is 0.446. The van der Waals surface area contributed by atoms with Gasteiger partial charge in [0, 0.05) is 0 Å². The maximum absolute atomic E-state index is 9.92. The molecule has 0 bridgehead atoms. The van der Waals surface area contributed by atoms with Crippen molar-refractivity contribution in [2.75, 3.05) is 6.61 Å². The maximum atomic E-state index is 9.92. The predicted molar refractivity (Wildman–Crippen MR) is 61.2 cm³/mol. The topological polar surface area (TPSA) is 93.0 Å². The first-order valence-corrected chi connectivity index (χ1v) is 5.61. The monoisotopic (exact) mass is 239 g/mol. The average molecular weight is 239 g/mol. The molecule has 1 aliphatic heterocycles. The van der Waals surface area contributed by atoms with E-state index in [1.54, 1.807) is 0 Å². The van der Waals surface area contributed by atoms with Crippen molar-refractivity contribution in [3.05, 3.63) is 35.9 Å². The molecule has 0 saturated carbocycles. The van der Waals surface area contributed by atoms with Crippen LogP contribution in [0.4, 0.5) is 0 Å². The molecule has 5 unspecified atom stereocenters. The summed E-state index contributed by atoms with van der Waals surface area (Å²) < 4.78 is 0. The molecular formula is C12H17NO4. The lowest BCUT2D eigenvalue weighted by atomic mass is 9.87. The van der Waals surface area contributed by atoms with Gasteiger partial charge in [0.2, 0.25) is 0 Å². The summed E-state index contributed by atoms with van der Waals surface area (Å²) in [4.78, 5) is 0. The van der Waals surface area contributed by atoms with Crippen LogP contribution in [0.3, 0.4) is 0 Å². The summed E-state index contributed by atoms with van der Waals surface area (Å²) in [6.07, 6.45) is -3.54. The lowest BCUT2D eigenvalue weighted by Crippen LogP contribution is -2.62. The molecule has 0 aromatic heterocycles. The van der Waals surface area contributed by atoms with E-state index in [4.69, 9.17) is 5.11 Å². The van der Waals surface area contributed by atoms with Gasteiger partial charge in [-0.25, -0.2) is 0 Å². The van der Waals surface area contributed by atoms with E-state index >= 15 is 0 Å². The molecule has 1 heterocycles. The van der Waals surface area contributed by atoms with Gasteiger partial charge in [-0.1, -0.05) is 30.3 Å². The van der Waals surface area contributed by atoms with Gasteiger partial charge in [0.1, 0.15) is 12.2 Å². The number of hydrogen-bond donors (Lipinski definition) is 5. The molecule has 5 atom stereocenters. The third-order valence-corrected chi connectivity index (χ3v) is 3.20. The summed E-state index contributed by atoms with van der Waals surface area (Å²) in [6, 6.07) is 8.02. The molecule has 2 rings (SSSR count). The predicted octanol–water partition coefficient (Wildman–Crippen LogP) is -1.23. The highest BCUT2D eigenvalue weighted by Crippen LogP contribution is 2.26. The molecule has 0 spiro atoms. The summed E-state index contributed by atoms with van der Waals surface area (Å²) in [5, 5.41) is 41.3. The zero-order valence-electron chi connectivity index (χ0n) is 9.27. The molecule has 1 aromatic rings. The van der Waals surface area contributed by atoms with E-state index in [2.05, 4.69) is 5.32 Å². The van der Waals surface area contributed by atoms with Gasteiger partial charge in [-0.3, -0.25) is 0 Å². The van der Waals surface area contributed by atoms with Gasteiger partial charge in [0.05, 0.1) is 24.8 Å². The standard InChI is InChI=1S/C12H17NO4/c14-6-8-10(15)12(17)11(16)9(13-8)7-4-2-1-3-5-7/h1-5,8-17H,6H2. The van der Waals surface area contributed by atoms with Crippen molar-refractivity contribution >= 4 is 0 Å². The zero-order chi connectivity index (χ0) is 12.4. The van der Waals surface area contributed by atoms with Crippen LogP contribution in [0, 0.1) is 0 Å². The number of piperidine rings is 1. The minimum atomic E-state index is -1.27. The molecule has 1 aromatic carbocycles. The number of hydrogen-bond acceptors (Lipinski definition) is 5. The van der Waals surface area contributed by atoms with E-state index in [1.165, 1.54) is 0 Å². The van der Waals surface area contributed by atoms with Crippen molar-refractivity contribution in [1.29, 1.82) is 0 Å². The molecule has 0 amide bonds. The Morgan fingerprint density at radius 1 is 0.941 bits per heavy atom. The van der Waals surface area contributed by atoms with Gasteiger partial charge in [0.15, 0.2) is 0 Å². The second-order valence-corrected chi connectivity index (χ2v) is 4.32. The molecule has 5 heteroatoms. The first-order valence-electron chi connectivity index (χ1n) is 5.61. The van der Waals surface area contributed by atoms with Gasteiger partial charge < -0.3 is 25.7 Å². The molecule has 5 nitrogen and oxygen atoms in total. The highest BCUT2D eigenvalue weighted by molar-refractivity contribution is 5.22. The Labute approximate surface area is 99.3 Å². The van der Waals surface area contributed by atoms with Gasteiger partial charge in [-0.05, 0) is 5.56 Å². The van der Waals surface area contributed by atoms with Gasteiger partial charge in [-0.2, -0.15) is 0 Å². The minimum absolute atomic E-state index is 0.297. The number of aliphatic hydroxyl groups is 4. The van der Waals surface area contributed by atoms with Crippen LogP contribution in [0.2, 0.25) is 0 Å². The van der Waals surface area contributed by atoms with Crippen molar-refractivity contribution < 1.29 is 20.4 Å². The van der Waals surface area contributed by atoms with Crippen molar-refractivity contribution in [3.8, 4) is 0 Å². The van der Waals surface area contributed by atoms with Crippen LogP contribution < -0.4 is 5.32 Å². The number of rotatable bonds is 2. The lowest BCUT2D eigenvalue weighted by molar-refractivity contribution is -0.120. The summed E-state index contributed by atoms with van der Waals surface area (Å²) in [7, 11) is 0. The molecule has 0 aliphatic carbocycles. The molecule has 1 fully saturated rings.